The van der Waals surface area contributed by atoms with E-state index in [0.717, 1.165) is 37.2 Å². The molecule has 3 heteroatoms. The maximum atomic E-state index is 12.5. The molecule has 1 fully saturated rings. The number of para-hydroxylation sites is 1. The highest BCUT2D eigenvalue weighted by atomic mass is 16.1. The second-order valence-corrected chi connectivity index (χ2v) is 7.09. The molecule has 27 heavy (non-hydrogen) atoms. The summed E-state index contributed by atoms with van der Waals surface area (Å²) in [5.41, 5.74) is 4.27. The molecule has 0 bridgehead atoms. The van der Waals surface area contributed by atoms with Crippen LogP contribution in [0.25, 0.3) is 11.1 Å². The van der Waals surface area contributed by atoms with Crippen molar-refractivity contribution in [3.63, 3.8) is 0 Å². The summed E-state index contributed by atoms with van der Waals surface area (Å²) in [6, 6.07) is 28.5. The molecule has 136 valence electrons. The van der Waals surface area contributed by atoms with Gasteiger partial charge < -0.3 is 10.2 Å². The maximum absolute atomic E-state index is 12.5. The zero-order chi connectivity index (χ0) is 18.5. The molecule has 3 nitrogen and oxygen atoms in total. The fourth-order valence-corrected chi connectivity index (χ4v) is 3.66. The number of rotatable bonds is 5. The van der Waals surface area contributed by atoms with Crippen LogP contribution < -0.4 is 10.2 Å². The molecule has 0 radical (unpaired) electrons. The lowest BCUT2D eigenvalue weighted by atomic mass is 10.0. The summed E-state index contributed by atoms with van der Waals surface area (Å²) in [6.45, 7) is 2.77. The number of nitrogens with one attached hydrogen (secondary N) is 1. The number of benzene rings is 3. The first-order valence-corrected chi connectivity index (χ1v) is 9.53. The molecule has 1 amide bonds. The fourth-order valence-electron chi connectivity index (χ4n) is 3.66. The molecule has 1 heterocycles. The van der Waals surface area contributed by atoms with Crippen molar-refractivity contribution >= 4 is 11.6 Å². The maximum Gasteiger partial charge on any atom is 0.251 e. The van der Waals surface area contributed by atoms with Crippen LogP contribution in [0.3, 0.4) is 0 Å². The number of carbonyl (C=O) groups is 1. The van der Waals surface area contributed by atoms with Gasteiger partial charge in [0.15, 0.2) is 0 Å². The van der Waals surface area contributed by atoms with E-state index in [0.29, 0.717) is 11.5 Å². The summed E-state index contributed by atoms with van der Waals surface area (Å²) in [4.78, 5) is 14.9. The van der Waals surface area contributed by atoms with Crippen molar-refractivity contribution in [2.24, 2.45) is 5.92 Å². The highest BCUT2D eigenvalue weighted by Gasteiger charge is 2.23. The third-order valence-electron chi connectivity index (χ3n) is 5.21. The lowest BCUT2D eigenvalue weighted by Crippen LogP contribution is -2.31. The van der Waals surface area contributed by atoms with E-state index in [1.807, 2.05) is 48.5 Å². The number of anilines is 1. The largest absolute Gasteiger partial charge is 0.371 e. The quantitative estimate of drug-likeness (QED) is 0.724. The van der Waals surface area contributed by atoms with Crippen LogP contribution in [0.5, 0.6) is 0 Å². The zero-order valence-corrected chi connectivity index (χ0v) is 15.3. The van der Waals surface area contributed by atoms with Crippen LogP contribution in [-0.4, -0.2) is 25.5 Å². The molecule has 1 saturated heterocycles. The first kappa shape index (κ1) is 17.3. The third kappa shape index (κ3) is 4.20. The molecule has 0 aliphatic carbocycles. The number of nitrogens with zero attached hydrogens (tertiary/aromatic N) is 1. The minimum absolute atomic E-state index is 0.00720. The first-order chi connectivity index (χ1) is 13.3. The van der Waals surface area contributed by atoms with Gasteiger partial charge in [0.1, 0.15) is 0 Å². The van der Waals surface area contributed by atoms with E-state index in [-0.39, 0.29) is 5.91 Å². The molecule has 3 aromatic rings. The van der Waals surface area contributed by atoms with Crippen molar-refractivity contribution in [1.29, 1.82) is 0 Å². The Kier molecular flexibility index (Phi) is 5.20. The third-order valence-corrected chi connectivity index (χ3v) is 5.21. The van der Waals surface area contributed by atoms with E-state index >= 15 is 0 Å². The standard InChI is InChI=1S/C24H24N2O/c27-24(22-13-11-21(12-14-22)20-7-3-1-4-8-20)25-17-19-15-16-26(18-19)23-9-5-2-6-10-23/h1-14,19H,15-18H2,(H,25,27). The lowest BCUT2D eigenvalue weighted by Gasteiger charge is -2.18. The van der Waals surface area contributed by atoms with Crippen molar-refractivity contribution in [2.45, 2.75) is 6.42 Å². The van der Waals surface area contributed by atoms with Gasteiger partial charge in [-0.2, -0.15) is 0 Å². The Morgan fingerprint density at radius 1 is 0.852 bits per heavy atom. The second kappa shape index (κ2) is 8.09. The van der Waals surface area contributed by atoms with E-state index in [1.54, 1.807) is 0 Å². The molecule has 0 aromatic heterocycles. The Balaban J connectivity index is 1.31. The van der Waals surface area contributed by atoms with Crippen LogP contribution in [-0.2, 0) is 0 Å². The minimum Gasteiger partial charge on any atom is -0.371 e. The Morgan fingerprint density at radius 3 is 2.19 bits per heavy atom. The fraction of sp³-hybridized carbons (Fsp3) is 0.208. The summed E-state index contributed by atoms with van der Waals surface area (Å²) in [5, 5.41) is 3.11. The number of carbonyl (C=O) groups excluding carboxylic acids is 1. The molecule has 1 atom stereocenters. The summed E-state index contributed by atoms with van der Waals surface area (Å²) in [7, 11) is 0. The molecule has 3 aromatic carbocycles. The molecule has 1 aliphatic rings. The zero-order valence-electron chi connectivity index (χ0n) is 15.3. The SMILES string of the molecule is O=C(NCC1CCN(c2ccccc2)C1)c1ccc(-c2ccccc2)cc1. The van der Waals surface area contributed by atoms with Gasteiger partial charge in [-0.05, 0) is 47.7 Å². The van der Waals surface area contributed by atoms with E-state index in [9.17, 15) is 4.79 Å². The highest BCUT2D eigenvalue weighted by Crippen LogP contribution is 2.23. The van der Waals surface area contributed by atoms with Gasteiger partial charge >= 0.3 is 0 Å². The molecular weight excluding hydrogens is 332 g/mol. The van der Waals surface area contributed by atoms with E-state index in [2.05, 4.69) is 46.6 Å². The van der Waals surface area contributed by atoms with Crippen molar-refractivity contribution in [3.05, 3.63) is 90.5 Å². The molecule has 4 rings (SSSR count). The summed E-state index contributed by atoms with van der Waals surface area (Å²) in [5.74, 6) is 0.505. The number of amides is 1. The Labute approximate surface area is 160 Å². The van der Waals surface area contributed by atoms with Crippen LogP contribution in [0.1, 0.15) is 16.8 Å². The summed E-state index contributed by atoms with van der Waals surface area (Å²) >= 11 is 0. The molecule has 0 spiro atoms. The molecule has 0 saturated carbocycles. The monoisotopic (exact) mass is 356 g/mol. The highest BCUT2D eigenvalue weighted by molar-refractivity contribution is 5.94. The topological polar surface area (TPSA) is 32.3 Å². The van der Waals surface area contributed by atoms with Crippen molar-refractivity contribution in [2.75, 3.05) is 24.5 Å². The van der Waals surface area contributed by atoms with Crippen molar-refractivity contribution < 1.29 is 4.79 Å². The van der Waals surface area contributed by atoms with Crippen molar-refractivity contribution in [3.8, 4) is 11.1 Å². The van der Waals surface area contributed by atoms with E-state index in [4.69, 9.17) is 0 Å². The average Bonchev–Trinajstić information content (AvgIpc) is 3.22. The van der Waals surface area contributed by atoms with Gasteiger partial charge in [0, 0.05) is 30.9 Å². The Morgan fingerprint density at radius 2 is 1.48 bits per heavy atom. The average molecular weight is 356 g/mol. The smallest absolute Gasteiger partial charge is 0.251 e. The van der Waals surface area contributed by atoms with Gasteiger partial charge in [-0.15, -0.1) is 0 Å². The summed E-state index contributed by atoms with van der Waals surface area (Å²) in [6.07, 6.45) is 1.11. The second-order valence-electron chi connectivity index (χ2n) is 7.09. The Bertz CT molecular complexity index is 875. The van der Waals surface area contributed by atoms with E-state index < -0.39 is 0 Å². The lowest BCUT2D eigenvalue weighted by molar-refractivity contribution is 0.0948. The summed E-state index contributed by atoms with van der Waals surface area (Å²) < 4.78 is 0. The van der Waals surface area contributed by atoms with Gasteiger partial charge in [0.2, 0.25) is 0 Å². The van der Waals surface area contributed by atoms with Crippen molar-refractivity contribution in [1.82, 2.24) is 5.32 Å². The van der Waals surface area contributed by atoms with Gasteiger partial charge in [-0.25, -0.2) is 0 Å². The van der Waals surface area contributed by atoms with Gasteiger partial charge in [-0.3, -0.25) is 4.79 Å². The first-order valence-electron chi connectivity index (χ1n) is 9.53. The van der Waals surface area contributed by atoms with Gasteiger partial charge in [-0.1, -0.05) is 60.7 Å². The molecule has 1 aliphatic heterocycles. The number of hydrogen-bond acceptors (Lipinski definition) is 2. The van der Waals surface area contributed by atoms with Gasteiger partial charge in [0.05, 0.1) is 0 Å². The Hall–Kier alpha value is -3.07. The molecular formula is C24H24N2O. The van der Waals surface area contributed by atoms with Crippen LogP contribution in [0, 0.1) is 5.92 Å². The number of hydrogen-bond donors (Lipinski definition) is 1. The predicted molar refractivity (Wildman–Crippen MR) is 111 cm³/mol. The van der Waals surface area contributed by atoms with E-state index in [1.165, 1.54) is 5.69 Å². The van der Waals surface area contributed by atoms with Crippen LogP contribution in [0.2, 0.25) is 0 Å². The normalized spacial score (nSPS) is 16.3. The van der Waals surface area contributed by atoms with Gasteiger partial charge in [0.25, 0.3) is 5.91 Å². The predicted octanol–water partition coefficient (Wildman–Crippen LogP) is 4.61. The minimum atomic E-state index is 0.00720. The molecule has 1 unspecified atom stereocenters. The molecule has 1 N–H and O–H groups in total. The van der Waals surface area contributed by atoms with Crippen LogP contribution in [0.15, 0.2) is 84.9 Å². The van der Waals surface area contributed by atoms with Crippen LogP contribution >= 0.6 is 0 Å². The van der Waals surface area contributed by atoms with Crippen LogP contribution in [0.4, 0.5) is 5.69 Å².